The number of nitrogens with zero attached hydrogens (tertiary/aromatic N) is 4. The van der Waals surface area contributed by atoms with E-state index >= 15 is 0 Å². The summed E-state index contributed by atoms with van der Waals surface area (Å²) in [6.45, 7) is 7.76. The van der Waals surface area contributed by atoms with Crippen molar-refractivity contribution in [2.24, 2.45) is 10.3 Å². The number of hydrogen-bond donors (Lipinski definition) is 0. The van der Waals surface area contributed by atoms with Gasteiger partial charge in [0.05, 0.1) is 24.6 Å². The third kappa shape index (κ3) is 10.5. The Balaban J connectivity index is 4.42. The van der Waals surface area contributed by atoms with Gasteiger partial charge in [-0.2, -0.15) is 23.5 Å². The monoisotopic (exact) mass is 410 g/mol. The molecular formula is C14H26N4O4S3. The van der Waals surface area contributed by atoms with Crippen LogP contribution in [0, 0.1) is 0 Å². The predicted molar refractivity (Wildman–Crippen MR) is 108 cm³/mol. The summed E-state index contributed by atoms with van der Waals surface area (Å²) in [5, 5.41) is 7.32. The lowest BCUT2D eigenvalue weighted by Crippen LogP contribution is -2.29. The summed E-state index contributed by atoms with van der Waals surface area (Å²) in [5.41, 5.74) is 0. The zero-order chi connectivity index (χ0) is 19.7. The summed E-state index contributed by atoms with van der Waals surface area (Å²) in [4.78, 5) is 33.2. The highest BCUT2D eigenvalue weighted by molar-refractivity contribution is 8.00. The van der Waals surface area contributed by atoms with E-state index in [9.17, 15) is 9.59 Å². The molecule has 2 amide bonds. The van der Waals surface area contributed by atoms with Gasteiger partial charge in [0.2, 0.25) is 0 Å². The molecule has 0 rings (SSSR count). The van der Waals surface area contributed by atoms with Crippen LogP contribution in [0.2, 0.25) is 0 Å². The van der Waals surface area contributed by atoms with Gasteiger partial charge in [0, 0.05) is 23.6 Å². The van der Waals surface area contributed by atoms with E-state index in [4.69, 9.17) is 9.68 Å². The number of amides is 2. The molecule has 144 valence electrons. The van der Waals surface area contributed by atoms with Crippen molar-refractivity contribution in [2.45, 2.75) is 37.2 Å². The van der Waals surface area contributed by atoms with E-state index in [-0.39, 0.29) is 9.49 Å². The van der Waals surface area contributed by atoms with Crippen LogP contribution >= 0.6 is 35.7 Å². The van der Waals surface area contributed by atoms with Crippen molar-refractivity contribution in [1.29, 1.82) is 0 Å². The normalized spacial score (nSPS) is 12.5. The molecule has 0 heterocycles. The quantitative estimate of drug-likeness (QED) is 0.259. The van der Waals surface area contributed by atoms with E-state index in [0.717, 1.165) is 20.7 Å². The highest BCUT2D eigenvalue weighted by Crippen LogP contribution is 2.20. The predicted octanol–water partition coefficient (Wildman–Crippen LogP) is 3.94. The maximum absolute atomic E-state index is 11.8. The van der Waals surface area contributed by atoms with E-state index in [0.29, 0.717) is 0 Å². The van der Waals surface area contributed by atoms with Gasteiger partial charge in [-0.3, -0.25) is 9.68 Å². The van der Waals surface area contributed by atoms with Gasteiger partial charge >= 0.3 is 12.2 Å². The van der Waals surface area contributed by atoms with Crippen LogP contribution in [0.3, 0.4) is 0 Å². The van der Waals surface area contributed by atoms with Gasteiger partial charge in [0.1, 0.15) is 0 Å². The second-order valence-corrected chi connectivity index (χ2v) is 10.1. The van der Waals surface area contributed by atoms with Crippen LogP contribution in [-0.2, 0) is 9.68 Å². The zero-order valence-corrected chi connectivity index (χ0v) is 18.3. The van der Waals surface area contributed by atoms with E-state index < -0.39 is 12.2 Å². The van der Waals surface area contributed by atoms with Crippen molar-refractivity contribution >= 4 is 60.3 Å². The molecule has 0 atom stereocenters. The molecule has 0 aliphatic carbocycles. The van der Waals surface area contributed by atoms with Crippen LogP contribution in [0.5, 0.6) is 0 Å². The Labute approximate surface area is 162 Å². The fourth-order valence-electron chi connectivity index (χ4n) is 0.868. The second-order valence-electron chi connectivity index (χ2n) is 5.88. The number of thioether (sulfide) groups is 2. The number of hydrogen-bond acceptors (Lipinski definition) is 9. The van der Waals surface area contributed by atoms with Crippen molar-refractivity contribution in [2.75, 3.05) is 26.6 Å². The molecule has 25 heavy (non-hydrogen) atoms. The first-order chi connectivity index (χ1) is 11.4. The van der Waals surface area contributed by atoms with Crippen molar-refractivity contribution < 1.29 is 19.3 Å². The highest BCUT2D eigenvalue weighted by atomic mass is 32.2. The molecule has 0 fully saturated rings. The van der Waals surface area contributed by atoms with Gasteiger partial charge < -0.3 is 0 Å². The smallest absolute Gasteiger partial charge is 0.298 e. The molecule has 0 saturated heterocycles. The first-order valence-corrected chi connectivity index (χ1v) is 10.4. The fourth-order valence-corrected chi connectivity index (χ4v) is 1.73. The summed E-state index contributed by atoms with van der Waals surface area (Å²) in [7, 11) is 2.90. The Kier molecular flexibility index (Phi) is 10.4. The van der Waals surface area contributed by atoms with Crippen LogP contribution in [0.1, 0.15) is 27.7 Å². The summed E-state index contributed by atoms with van der Waals surface area (Å²) in [6, 6.07) is 0. The molecule has 0 aromatic heterocycles. The minimum absolute atomic E-state index is 0.241. The van der Waals surface area contributed by atoms with Crippen molar-refractivity contribution in [1.82, 2.24) is 8.61 Å². The molecule has 8 nitrogen and oxygen atoms in total. The summed E-state index contributed by atoms with van der Waals surface area (Å²) >= 11 is 3.94. The fraction of sp³-hybridized carbons (Fsp3) is 0.714. The Hall–Kier alpha value is -1.07. The van der Waals surface area contributed by atoms with Gasteiger partial charge in [-0.05, 0) is 40.2 Å². The second kappa shape index (κ2) is 10.8. The van der Waals surface area contributed by atoms with E-state index in [1.165, 1.54) is 26.5 Å². The van der Waals surface area contributed by atoms with Crippen LogP contribution < -0.4 is 0 Å². The molecule has 0 radical (unpaired) electrons. The average molecular weight is 411 g/mol. The first-order valence-electron chi connectivity index (χ1n) is 7.21. The van der Waals surface area contributed by atoms with Crippen molar-refractivity contribution in [3.05, 3.63) is 0 Å². The zero-order valence-electron chi connectivity index (χ0n) is 15.8. The molecule has 0 unspecified atom stereocenters. The largest absolute Gasteiger partial charge is 0.447 e. The number of oxime groups is 2. The lowest BCUT2D eigenvalue weighted by Gasteiger charge is -2.20. The van der Waals surface area contributed by atoms with Gasteiger partial charge in [0.15, 0.2) is 0 Å². The topological polar surface area (TPSA) is 83.8 Å². The minimum Gasteiger partial charge on any atom is -0.298 e. The lowest BCUT2D eigenvalue weighted by atomic mass is 10.2. The van der Waals surface area contributed by atoms with Gasteiger partial charge in [0.25, 0.3) is 0 Å². The SMILES string of the molecule is CSC(C)(C)/C=N/OC(=O)N(C)SN(C)C(=O)O/N=C/C(C)(C)SC. The third-order valence-electron chi connectivity index (χ3n) is 2.80. The molecule has 0 N–H and O–H groups in total. The average Bonchev–Trinajstić information content (AvgIpc) is 2.54. The standard InChI is InChI=1S/C14H26N4O4S3/c1-13(2,23-7)9-15-21-11(19)17(5)25-18(6)12(20)22-16-10-14(3,4)24-8/h9-10H,1-8H3/b15-9+,16-10+. The maximum Gasteiger partial charge on any atom is 0.447 e. The summed E-state index contributed by atoms with van der Waals surface area (Å²) in [5.74, 6) is 0. The Morgan fingerprint density at radius 3 is 1.44 bits per heavy atom. The van der Waals surface area contributed by atoms with E-state index in [2.05, 4.69) is 10.3 Å². The first kappa shape index (κ1) is 23.9. The molecule has 0 aliphatic rings. The molecule has 11 heteroatoms. The minimum atomic E-state index is -0.718. The molecule has 0 aromatic rings. The molecule has 0 saturated carbocycles. The molecule has 0 spiro atoms. The Morgan fingerprint density at radius 1 is 0.840 bits per heavy atom. The maximum atomic E-state index is 11.8. The van der Waals surface area contributed by atoms with E-state index in [1.807, 2.05) is 40.2 Å². The number of rotatable bonds is 8. The third-order valence-corrected chi connectivity index (χ3v) is 5.90. The van der Waals surface area contributed by atoms with Crippen LogP contribution in [0.15, 0.2) is 10.3 Å². The van der Waals surface area contributed by atoms with E-state index in [1.54, 1.807) is 23.5 Å². The summed E-state index contributed by atoms with van der Waals surface area (Å²) in [6.07, 6.45) is 5.50. The van der Waals surface area contributed by atoms with Crippen molar-refractivity contribution in [3.63, 3.8) is 0 Å². The lowest BCUT2D eigenvalue weighted by molar-refractivity contribution is 0.131. The van der Waals surface area contributed by atoms with Crippen LogP contribution in [0.4, 0.5) is 9.59 Å². The Bertz CT molecular complexity index is 468. The molecule has 0 aromatic carbocycles. The van der Waals surface area contributed by atoms with Crippen molar-refractivity contribution in [3.8, 4) is 0 Å². The highest BCUT2D eigenvalue weighted by Gasteiger charge is 2.20. The van der Waals surface area contributed by atoms with Gasteiger partial charge in [-0.25, -0.2) is 18.2 Å². The Morgan fingerprint density at radius 2 is 1.16 bits per heavy atom. The van der Waals surface area contributed by atoms with Gasteiger partial charge in [-0.15, -0.1) is 0 Å². The number of carbonyl (C=O) groups is 2. The molecule has 0 bridgehead atoms. The summed E-state index contributed by atoms with van der Waals surface area (Å²) < 4.78 is 1.74. The molecule has 0 aliphatic heterocycles. The van der Waals surface area contributed by atoms with Crippen LogP contribution in [-0.4, -0.2) is 69.3 Å². The molecular weight excluding hydrogens is 384 g/mol. The van der Waals surface area contributed by atoms with Crippen LogP contribution in [0.25, 0.3) is 0 Å². The number of carbonyl (C=O) groups excluding carboxylic acids is 2. The van der Waals surface area contributed by atoms with Gasteiger partial charge in [-0.1, -0.05) is 10.3 Å².